The second-order valence-electron chi connectivity index (χ2n) is 4.86. The lowest BCUT2D eigenvalue weighted by Crippen LogP contribution is -2.31. The first-order valence-corrected chi connectivity index (χ1v) is 6.38. The monoisotopic (exact) mass is 252 g/mol. The smallest absolute Gasteiger partial charge is 0.371 e. The molecule has 1 aliphatic rings. The summed E-state index contributed by atoms with van der Waals surface area (Å²) in [5, 5.41) is 8.77. The highest BCUT2D eigenvalue weighted by Crippen LogP contribution is 2.11. The van der Waals surface area contributed by atoms with Gasteiger partial charge in [0.15, 0.2) is 0 Å². The van der Waals surface area contributed by atoms with Gasteiger partial charge in [-0.2, -0.15) is 0 Å². The molecule has 0 saturated carbocycles. The summed E-state index contributed by atoms with van der Waals surface area (Å²) in [6.07, 6.45) is 2.62. The van der Waals surface area contributed by atoms with Crippen molar-refractivity contribution >= 4 is 5.97 Å². The van der Waals surface area contributed by atoms with E-state index in [1.165, 1.54) is 32.0 Å². The van der Waals surface area contributed by atoms with E-state index in [0.29, 0.717) is 12.3 Å². The van der Waals surface area contributed by atoms with Crippen molar-refractivity contribution in [2.75, 3.05) is 33.2 Å². The number of carboxylic acids is 1. The predicted molar refractivity (Wildman–Crippen MR) is 67.7 cm³/mol. The van der Waals surface area contributed by atoms with Crippen LogP contribution < -0.4 is 0 Å². The first-order chi connectivity index (χ1) is 8.65. The van der Waals surface area contributed by atoms with E-state index in [2.05, 4.69) is 9.80 Å². The van der Waals surface area contributed by atoms with Gasteiger partial charge in [-0.25, -0.2) is 4.79 Å². The average Bonchev–Trinajstić information content (AvgIpc) is 2.96. The molecule has 0 aliphatic carbocycles. The summed E-state index contributed by atoms with van der Waals surface area (Å²) in [5.41, 5.74) is 0. The highest BCUT2D eigenvalue weighted by Gasteiger charge is 2.13. The first kappa shape index (κ1) is 13.1. The van der Waals surface area contributed by atoms with Gasteiger partial charge in [-0.1, -0.05) is 0 Å². The lowest BCUT2D eigenvalue weighted by molar-refractivity contribution is 0.0658. The van der Waals surface area contributed by atoms with Crippen LogP contribution in [0, 0.1) is 0 Å². The maximum atomic E-state index is 10.7. The Morgan fingerprint density at radius 2 is 2.17 bits per heavy atom. The van der Waals surface area contributed by atoms with Gasteiger partial charge >= 0.3 is 5.97 Å². The molecule has 1 N–H and O–H groups in total. The minimum Gasteiger partial charge on any atom is -0.475 e. The molecule has 1 aromatic heterocycles. The third-order valence-corrected chi connectivity index (χ3v) is 3.29. The van der Waals surface area contributed by atoms with Crippen LogP contribution in [0.4, 0.5) is 0 Å². The minimum atomic E-state index is -1.01. The summed E-state index contributed by atoms with van der Waals surface area (Å²) in [6.45, 7) is 5.11. The number of rotatable bonds is 6. The topological polar surface area (TPSA) is 56.9 Å². The molecular weight excluding hydrogens is 232 g/mol. The van der Waals surface area contributed by atoms with Gasteiger partial charge in [-0.15, -0.1) is 0 Å². The molecule has 5 heteroatoms. The molecule has 1 saturated heterocycles. The zero-order chi connectivity index (χ0) is 13.0. The summed E-state index contributed by atoms with van der Waals surface area (Å²) in [7, 11) is 2.03. The van der Waals surface area contributed by atoms with Crippen LogP contribution in [0.3, 0.4) is 0 Å². The van der Waals surface area contributed by atoms with E-state index >= 15 is 0 Å². The van der Waals surface area contributed by atoms with E-state index in [4.69, 9.17) is 9.52 Å². The van der Waals surface area contributed by atoms with E-state index < -0.39 is 5.97 Å². The molecular formula is C13H20N2O3. The lowest BCUT2D eigenvalue weighted by atomic mass is 10.4. The van der Waals surface area contributed by atoms with E-state index in [0.717, 1.165) is 13.1 Å². The Hall–Kier alpha value is -1.33. The Bertz CT molecular complexity index is 397. The molecule has 2 rings (SSSR count). The number of aromatic carboxylic acids is 1. The van der Waals surface area contributed by atoms with Crippen LogP contribution in [0.15, 0.2) is 16.5 Å². The Labute approximate surface area is 107 Å². The largest absolute Gasteiger partial charge is 0.475 e. The number of hydrogen-bond donors (Lipinski definition) is 1. The number of furan rings is 1. The van der Waals surface area contributed by atoms with Crippen LogP contribution in [0.5, 0.6) is 0 Å². The van der Waals surface area contributed by atoms with Gasteiger partial charge in [-0.05, 0) is 45.1 Å². The molecule has 5 nitrogen and oxygen atoms in total. The molecule has 0 atom stereocenters. The molecule has 0 bridgehead atoms. The highest BCUT2D eigenvalue weighted by atomic mass is 16.4. The molecule has 100 valence electrons. The summed E-state index contributed by atoms with van der Waals surface area (Å²) in [5.74, 6) is -0.296. The predicted octanol–water partition coefficient (Wildman–Crippen LogP) is 1.51. The van der Waals surface area contributed by atoms with Crippen molar-refractivity contribution in [3.8, 4) is 0 Å². The molecule has 0 amide bonds. The Balaban J connectivity index is 1.75. The van der Waals surface area contributed by atoms with Crippen LogP contribution in [-0.2, 0) is 6.54 Å². The maximum Gasteiger partial charge on any atom is 0.371 e. The number of likely N-dealkylation sites (N-methyl/N-ethyl adjacent to an activating group) is 1. The second-order valence-corrected chi connectivity index (χ2v) is 4.86. The number of carbonyl (C=O) groups is 1. The van der Waals surface area contributed by atoms with Crippen LogP contribution in [0.1, 0.15) is 29.2 Å². The molecule has 0 spiro atoms. The maximum absolute atomic E-state index is 10.7. The second kappa shape index (κ2) is 6.02. The molecule has 0 radical (unpaired) electrons. The third kappa shape index (κ3) is 3.58. The van der Waals surface area contributed by atoms with Crippen molar-refractivity contribution in [2.24, 2.45) is 0 Å². The summed E-state index contributed by atoms with van der Waals surface area (Å²) >= 11 is 0. The van der Waals surface area contributed by atoms with Gasteiger partial charge < -0.3 is 14.4 Å². The Kier molecular flexibility index (Phi) is 4.38. The molecule has 2 heterocycles. The zero-order valence-corrected chi connectivity index (χ0v) is 10.8. The zero-order valence-electron chi connectivity index (χ0n) is 10.8. The Morgan fingerprint density at radius 3 is 2.78 bits per heavy atom. The summed E-state index contributed by atoms with van der Waals surface area (Å²) in [6, 6.07) is 3.24. The van der Waals surface area contributed by atoms with E-state index in [1.54, 1.807) is 6.07 Å². The molecule has 1 aromatic rings. The van der Waals surface area contributed by atoms with Gasteiger partial charge in [0.25, 0.3) is 0 Å². The highest BCUT2D eigenvalue weighted by molar-refractivity contribution is 5.84. The van der Waals surface area contributed by atoms with Crippen LogP contribution >= 0.6 is 0 Å². The lowest BCUT2D eigenvalue weighted by Gasteiger charge is -2.20. The number of carboxylic acid groups (broad SMARTS) is 1. The van der Waals surface area contributed by atoms with Crippen LogP contribution in [-0.4, -0.2) is 54.1 Å². The van der Waals surface area contributed by atoms with E-state index in [9.17, 15) is 4.79 Å². The van der Waals surface area contributed by atoms with Crippen molar-refractivity contribution < 1.29 is 14.3 Å². The molecule has 1 fully saturated rings. The molecule has 0 aromatic carbocycles. The number of hydrogen-bond acceptors (Lipinski definition) is 4. The average molecular weight is 252 g/mol. The van der Waals surface area contributed by atoms with Gasteiger partial charge in [0.05, 0.1) is 6.54 Å². The molecule has 0 unspecified atom stereocenters. The van der Waals surface area contributed by atoms with Crippen molar-refractivity contribution in [3.05, 3.63) is 23.7 Å². The fourth-order valence-electron chi connectivity index (χ4n) is 2.24. The van der Waals surface area contributed by atoms with Gasteiger partial charge in [-0.3, -0.25) is 4.90 Å². The van der Waals surface area contributed by atoms with Crippen molar-refractivity contribution in [1.29, 1.82) is 0 Å². The van der Waals surface area contributed by atoms with Crippen LogP contribution in [0.25, 0.3) is 0 Å². The minimum absolute atomic E-state index is 0.0120. The Morgan fingerprint density at radius 1 is 1.44 bits per heavy atom. The van der Waals surface area contributed by atoms with E-state index in [-0.39, 0.29) is 5.76 Å². The first-order valence-electron chi connectivity index (χ1n) is 6.38. The fraction of sp³-hybridized carbons (Fsp3) is 0.615. The van der Waals surface area contributed by atoms with Crippen LogP contribution in [0.2, 0.25) is 0 Å². The van der Waals surface area contributed by atoms with Crippen molar-refractivity contribution in [1.82, 2.24) is 9.80 Å². The summed E-state index contributed by atoms with van der Waals surface area (Å²) in [4.78, 5) is 15.3. The molecule has 18 heavy (non-hydrogen) atoms. The summed E-state index contributed by atoms with van der Waals surface area (Å²) < 4.78 is 5.23. The van der Waals surface area contributed by atoms with Gasteiger partial charge in [0, 0.05) is 13.1 Å². The number of likely N-dealkylation sites (tertiary alicyclic amines) is 1. The van der Waals surface area contributed by atoms with E-state index in [1.807, 2.05) is 7.05 Å². The van der Waals surface area contributed by atoms with Gasteiger partial charge in [0.2, 0.25) is 5.76 Å². The molecule has 1 aliphatic heterocycles. The normalized spacial score (nSPS) is 16.6. The standard InChI is InChI=1S/C13H20N2O3/c1-14(8-9-15-6-2-3-7-15)10-11-4-5-12(18-11)13(16)17/h4-5H,2-3,6-10H2,1H3,(H,16,17). The van der Waals surface area contributed by atoms with Crippen molar-refractivity contribution in [3.63, 3.8) is 0 Å². The van der Waals surface area contributed by atoms with Gasteiger partial charge in [0.1, 0.15) is 5.76 Å². The SMILES string of the molecule is CN(CCN1CCCC1)Cc1ccc(C(=O)O)o1. The number of nitrogens with zero attached hydrogens (tertiary/aromatic N) is 2. The van der Waals surface area contributed by atoms with Crippen molar-refractivity contribution in [2.45, 2.75) is 19.4 Å². The quantitative estimate of drug-likeness (QED) is 0.831. The third-order valence-electron chi connectivity index (χ3n) is 3.29. The fourth-order valence-corrected chi connectivity index (χ4v) is 2.24.